The Morgan fingerprint density at radius 1 is 0.857 bits per heavy atom. The van der Waals surface area contributed by atoms with E-state index in [0.29, 0.717) is 13.2 Å². The highest BCUT2D eigenvalue weighted by Crippen LogP contribution is 2.02. The van der Waals surface area contributed by atoms with E-state index in [9.17, 15) is 4.79 Å². The minimum absolute atomic E-state index is 0.0444. The fourth-order valence-corrected chi connectivity index (χ4v) is 1.41. The van der Waals surface area contributed by atoms with Crippen LogP contribution in [0.25, 0.3) is 0 Å². The minimum atomic E-state index is -0.972. The summed E-state index contributed by atoms with van der Waals surface area (Å²) in [5, 5.41) is 8.70. The fourth-order valence-electron chi connectivity index (χ4n) is 1.41. The Labute approximate surface area is 127 Å². The van der Waals surface area contributed by atoms with Crippen molar-refractivity contribution in [1.29, 1.82) is 0 Å². The molecule has 0 aliphatic carbocycles. The minimum Gasteiger partial charge on any atom is -0.479 e. The molecule has 0 bridgehead atoms. The monoisotopic (exact) mass is 306 g/mol. The standard InChI is InChI=1S/C15H30O6/c1-6-7-18-11(2)8-19-12(3)9-20-13(4)10-21-14(5)15(16)17/h11-14H,6-10H2,1-5H3,(H,16,17). The number of aliphatic carboxylic acids is 1. The van der Waals surface area contributed by atoms with Gasteiger partial charge in [-0.1, -0.05) is 6.92 Å². The second-order valence-corrected chi connectivity index (χ2v) is 5.28. The van der Waals surface area contributed by atoms with Crippen molar-refractivity contribution < 1.29 is 28.8 Å². The van der Waals surface area contributed by atoms with Gasteiger partial charge < -0.3 is 24.1 Å². The molecule has 0 fully saturated rings. The summed E-state index contributed by atoms with van der Waals surface area (Å²) < 4.78 is 21.9. The average Bonchev–Trinajstić information content (AvgIpc) is 2.45. The molecule has 0 saturated carbocycles. The van der Waals surface area contributed by atoms with Gasteiger partial charge >= 0.3 is 5.97 Å². The maximum Gasteiger partial charge on any atom is 0.332 e. The molecule has 21 heavy (non-hydrogen) atoms. The van der Waals surface area contributed by atoms with E-state index in [-0.39, 0.29) is 24.9 Å². The number of carbonyl (C=O) groups is 1. The van der Waals surface area contributed by atoms with Gasteiger partial charge in [0, 0.05) is 6.61 Å². The number of carboxylic acids is 1. The SMILES string of the molecule is CCCOC(C)COC(C)COC(C)COC(C)C(=O)O. The van der Waals surface area contributed by atoms with Crippen LogP contribution in [0.4, 0.5) is 0 Å². The molecule has 4 unspecified atom stereocenters. The second kappa shape index (κ2) is 11.9. The molecule has 0 aromatic carbocycles. The molecule has 6 heteroatoms. The first kappa shape index (κ1) is 20.3. The zero-order valence-corrected chi connectivity index (χ0v) is 13.8. The molecule has 0 saturated heterocycles. The third-order valence-electron chi connectivity index (χ3n) is 2.77. The number of hydrogen-bond acceptors (Lipinski definition) is 5. The summed E-state index contributed by atoms with van der Waals surface area (Å²) in [6.45, 7) is 11.3. The predicted octanol–water partition coefficient (Wildman–Crippen LogP) is 2.10. The third-order valence-corrected chi connectivity index (χ3v) is 2.77. The highest BCUT2D eigenvalue weighted by Gasteiger charge is 2.14. The molecular formula is C15H30O6. The Balaban J connectivity index is 3.67. The topological polar surface area (TPSA) is 74.2 Å². The van der Waals surface area contributed by atoms with Crippen molar-refractivity contribution >= 4 is 5.97 Å². The Morgan fingerprint density at radius 2 is 1.29 bits per heavy atom. The van der Waals surface area contributed by atoms with Crippen LogP contribution in [0.5, 0.6) is 0 Å². The molecule has 0 amide bonds. The van der Waals surface area contributed by atoms with Crippen LogP contribution in [0, 0.1) is 0 Å². The second-order valence-electron chi connectivity index (χ2n) is 5.28. The van der Waals surface area contributed by atoms with Gasteiger partial charge in [0.25, 0.3) is 0 Å². The first-order valence-corrected chi connectivity index (χ1v) is 7.56. The summed E-state index contributed by atoms with van der Waals surface area (Å²) in [5.74, 6) is -0.972. The predicted molar refractivity (Wildman–Crippen MR) is 79.6 cm³/mol. The quantitative estimate of drug-likeness (QED) is 0.562. The van der Waals surface area contributed by atoms with E-state index >= 15 is 0 Å². The number of hydrogen-bond donors (Lipinski definition) is 1. The van der Waals surface area contributed by atoms with E-state index in [2.05, 4.69) is 6.92 Å². The molecular weight excluding hydrogens is 276 g/mol. The molecule has 0 heterocycles. The molecule has 0 aliphatic rings. The van der Waals surface area contributed by atoms with E-state index in [1.807, 2.05) is 20.8 Å². The van der Waals surface area contributed by atoms with Crippen molar-refractivity contribution in [3.05, 3.63) is 0 Å². The smallest absolute Gasteiger partial charge is 0.332 e. The van der Waals surface area contributed by atoms with E-state index in [4.69, 9.17) is 24.1 Å². The molecule has 4 atom stereocenters. The van der Waals surface area contributed by atoms with Crippen molar-refractivity contribution in [2.24, 2.45) is 0 Å². The highest BCUT2D eigenvalue weighted by atomic mass is 16.6. The van der Waals surface area contributed by atoms with Crippen molar-refractivity contribution in [2.75, 3.05) is 26.4 Å². The fraction of sp³-hybridized carbons (Fsp3) is 0.933. The van der Waals surface area contributed by atoms with Crippen LogP contribution >= 0.6 is 0 Å². The average molecular weight is 306 g/mol. The van der Waals surface area contributed by atoms with Gasteiger partial charge in [0.1, 0.15) is 0 Å². The van der Waals surface area contributed by atoms with Gasteiger partial charge in [-0.3, -0.25) is 0 Å². The Morgan fingerprint density at radius 3 is 1.71 bits per heavy atom. The van der Waals surface area contributed by atoms with Crippen LogP contribution in [0.2, 0.25) is 0 Å². The van der Waals surface area contributed by atoms with Crippen LogP contribution in [0.15, 0.2) is 0 Å². The first-order chi connectivity index (χ1) is 9.86. The van der Waals surface area contributed by atoms with Gasteiger partial charge in [-0.25, -0.2) is 4.79 Å². The van der Waals surface area contributed by atoms with Crippen LogP contribution in [0.1, 0.15) is 41.0 Å². The van der Waals surface area contributed by atoms with Gasteiger partial charge in [0.15, 0.2) is 6.10 Å². The maximum absolute atomic E-state index is 10.6. The molecule has 0 rings (SSSR count). The molecule has 0 radical (unpaired) electrons. The van der Waals surface area contributed by atoms with Gasteiger partial charge in [-0.15, -0.1) is 0 Å². The lowest BCUT2D eigenvalue weighted by molar-refractivity contribution is -0.152. The lowest BCUT2D eigenvalue weighted by Gasteiger charge is -2.20. The highest BCUT2D eigenvalue weighted by molar-refractivity contribution is 5.71. The third kappa shape index (κ3) is 11.6. The van der Waals surface area contributed by atoms with E-state index in [0.717, 1.165) is 13.0 Å². The van der Waals surface area contributed by atoms with Crippen molar-refractivity contribution in [1.82, 2.24) is 0 Å². The van der Waals surface area contributed by atoms with Gasteiger partial charge in [-0.2, -0.15) is 0 Å². The van der Waals surface area contributed by atoms with Crippen molar-refractivity contribution in [3.8, 4) is 0 Å². The summed E-state index contributed by atoms with van der Waals surface area (Å²) in [7, 11) is 0. The largest absolute Gasteiger partial charge is 0.479 e. The van der Waals surface area contributed by atoms with Gasteiger partial charge in [0.05, 0.1) is 38.1 Å². The Bertz CT molecular complexity index is 271. The lowest BCUT2D eigenvalue weighted by Crippen LogP contribution is -2.29. The molecule has 0 aromatic rings. The normalized spacial score (nSPS) is 17.2. The zero-order valence-electron chi connectivity index (χ0n) is 13.8. The summed E-state index contributed by atoms with van der Waals surface area (Å²) in [6.07, 6.45) is 0.0319. The molecule has 6 nitrogen and oxygen atoms in total. The lowest BCUT2D eigenvalue weighted by atomic mass is 10.3. The van der Waals surface area contributed by atoms with Crippen LogP contribution < -0.4 is 0 Å². The number of ether oxygens (including phenoxy) is 4. The molecule has 0 aromatic heterocycles. The summed E-state index contributed by atoms with van der Waals surface area (Å²) in [6, 6.07) is 0. The van der Waals surface area contributed by atoms with Crippen molar-refractivity contribution in [3.63, 3.8) is 0 Å². The van der Waals surface area contributed by atoms with Gasteiger partial charge in [0.2, 0.25) is 0 Å². The van der Waals surface area contributed by atoms with E-state index in [1.165, 1.54) is 6.92 Å². The van der Waals surface area contributed by atoms with Crippen molar-refractivity contribution in [2.45, 2.75) is 65.5 Å². The molecule has 126 valence electrons. The molecule has 0 spiro atoms. The summed E-state index contributed by atoms with van der Waals surface area (Å²) in [5.41, 5.74) is 0. The Hall–Kier alpha value is -0.690. The summed E-state index contributed by atoms with van der Waals surface area (Å²) in [4.78, 5) is 10.6. The van der Waals surface area contributed by atoms with E-state index in [1.54, 1.807) is 0 Å². The number of carboxylic acid groups (broad SMARTS) is 1. The molecule has 1 N–H and O–H groups in total. The van der Waals surface area contributed by atoms with Crippen LogP contribution in [0.3, 0.4) is 0 Å². The zero-order chi connectivity index (χ0) is 16.3. The number of rotatable bonds is 13. The van der Waals surface area contributed by atoms with Gasteiger partial charge in [-0.05, 0) is 34.1 Å². The first-order valence-electron chi connectivity index (χ1n) is 7.56. The summed E-state index contributed by atoms with van der Waals surface area (Å²) >= 11 is 0. The van der Waals surface area contributed by atoms with E-state index < -0.39 is 12.1 Å². The maximum atomic E-state index is 10.6. The van der Waals surface area contributed by atoms with Crippen LogP contribution in [-0.4, -0.2) is 61.9 Å². The Kier molecular flexibility index (Phi) is 11.5. The molecule has 0 aliphatic heterocycles. The van der Waals surface area contributed by atoms with Crippen LogP contribution in [-0.2, 0) is 23.7 Å².